The van der Waals surface area contributed by atoms with Crippen LogP contribution in [0.5, 0.6) is 0 Å². The molecule has 4 nitrogen and oxygen atoms in total. The molecule has 4 aliphatic heterocycles. The summed E-state index contributed by atoms with van der Waals surface area (Å²) in [5, 5.41) is 16.9. The molecule has 2 atom stereocenters. The van der Waals surface area contributed by atoms with Gasteiger partial charge in [0.2, 0.25) is 0 Å². The van der Waals surface area contributed by atoms with Gasteiger partial charge in [0.05, 0.1) is 17.4 Å². The van der Waals surface area contributed by atoms with Crippen LogP contribution in [0, 0.1) is 5.92 Å². The molecule has 4 bridgehead atoms. The van der Waals surface area contributed by atoms with Crippen molar-refractivity contribution in [2.24, 2.45) is 5.92 Å². The molecule has 1 saturated carbocycles. The minimum Gasteiger partial charge on any atom is -0.396 e. The molecule has 0 amide bonds. The molecule has 0 spiro atoms. The van der Waals surface area contributed by atoms with Gasteiger partial charge < -0.3 is 20.6 Å². The molecule has 2 saturated heterocycles. The van der Waals surface area contributed by atoms with Crippen molar-refractivity contribution >= 4 is 5.69 Å². The van der Waals surface area contributed by atoms with Crippen molar-refractivity contribution < 1.29 is 5.11 Å². The highest BCUT2D eigenvalue weighted by Gasteiger charge is 2.61. The summed E-state index contributed by atoms with van der Waals surface area (Å²) in [5.74, 6) is 0.719. The van der Waals surface area contributed by atoms with E-state index in [0.29, 0.717) is 6.04 Å². The Kier molecular flexibility index (Phi) is 3.08. The topological polar surface area (TPSA) is 47.5 Å². The third-order valence-corrected chi connectivity index (χ3v) is 7.32. The second kappa shape index (κ2) is 5.29. The Hall–Kier alpha value is -1.94. The zero-order valence-electron chi connectivity index (χ0n) is 15.2. The summed E-state index contributed by atoms with van der Waals surface area (Å²) in [6.45, 7) is 0.218. The standard InChI is InChI=1S/C22H27N3O/c26-11-10-14-6-8-16(9-7-14)25-21-17-13-22(25,15-4-2-1-3-5-15)24-20(21)19-12-18(17)23-19/h6-9,15,18,23-24,26H,1-5,10-13H2. The fraction of sp³-hybridized carbons (Fsp3) is 0.545. The lowest BCUT2D eigenvalue weighted by Gasteiger charge is -2.47. The Labute approximate surface area is 155 Å². The molecule has 6 aliphatic rings. The summed E-state index contributed by atoms with van der Waals surface area (Å²) < 4.78 is 0. The van der Waals surface area contributed by atoms with Crippen LogP contribution in [-0.2, 0) is 6.42 Å². The van der Waals surface area contributed by atoms with E-state index in [0.717, 1.165) is 12.3 Å². The third-order valence-electron chi connectivity index (χ3n) is 7.32. The van der Waals surface area contributed by atoms with Crippen LogP contribution in [0.1, 0.15) is 50.5 Å². The van der Waals surface area contributed by atoms with E-state index in [-0.39, 0.29) is 12.3 Å². The lowest BCUT2D eigenvalue weighted by atomic mass is 9.74. The highest BCUT2D eigenvalue weighted by molar-refractivity contribution is 5.73. The van der Waals surface area contributed by atoms with Crippen LogP contribution >= 0.6 is 0 Å². The molecule has 2 unspecified atom stereocenters. The second-order valence-corrected chi connectivity index (χ2v) is 8.66. The van der Waals surface area contributed by atoms with Crippen LogP contribution in [0.4, 0.5) is 5.69 Å². The predicted octanol–water partition coefficient (Wildman–Crippen LogP) is 3.15. The number of anilines is 1. The number of aliphatic hydroxyl groups excluding tert-OH is 1. The van der Waals surface area contributed by atoms with Gasteiger partial charge in [-0.15, -0.1) is 0 Å². The second-order valence-electron chi connectivity index (χ2n) is 8.66. The fourth-order valence-corrected chi connectivity index (χ4v) is 6.04. The first-order chi connectivity index (χ1) is 12.8. The lowest BCUT2D eigenvalue weighted by molar-refractivity contribution is 0.186. The molecule has 2 aliphatic carbocycles. The van der Waals surface area contributed by atoms with Crippen molar-refractivity contribution in [3.8, 4) is 0 Å². The largest absolute Gasteiger partial charge is 0.396 e. The van der Waals surface area contributed by atoms with Gasteiger partial charge in [0.1, 0.15) is 5.66 Å². The lowest BCUT2D eigenvalue weighted by Crippen LogP contribution is -2.58. The number of nitrogens with one attached hydrogen (secondary N) is 2. The summed E-state index contributed by atoms with van der Waals surface area (Å²) in [6.07, 6.45) is 9.92. The average molecular weight is 349 g/mol. The monoisotopic (exact) mass is 349 g/mol. The molecule has 1 aromatic carbocycles. The Balaban J connectivity index is 1.45. The summed E-state index contributed by atoms with van der Waals surface area (Å²) in [6, 6.07) is 9.49. The number of rotatable bonds is 4. The molecule has 3 fully saturated rings. The van der Waals surface area contributed by atoms with E-state index in [2.05, 4.69) is 39.8 Å². The van der Waals surface area contributed by atoms with Crippen LogP contribution in [0.2, 0.25) is 0 Å². The van der Waals surface area contributed by atoms with Gasteiger partial charge in [-0.2, -0.15) is 0 Å². The van der Waals surface area contributed by atoms with E-state index in [1.165, 1.54) is 73.3 Å². The predicted molar refractivity (Wildman–Crippen MR) is 102 cm³/mol. The molecule has 1 aromatic rings. The smallest absolute Gasteiger partial charge is 0.122 e. The van der Waals surface area contributed by atoms with Crippen LogP contribution in [0.25, 0.3) is 0 Å². The van der Waals surface area contributed by atoms with Crippen molar-refractivity contribution in [1.82, 2.24) is 10.6 Å². The van der Waals surface area contributed by atoms with Crippen molar-refractivity contribution in [2.75, 3.05) is 11.5 Å². The van der Waals surface area contributed by atoms with Crippen LogP contribution in [0.15, 0.2) is 46.9 Å². The van der Waals surface area contributed by atoms with Crippen molar-refractivity contribution in [2.45, 2.75) is 63.1 Å². The summed E-state index contributed by atoms with van der Waals surface area (Å²) >= 11 is 0. The molecule has 4 heterocycles. The molecular formula is C22H27N3O. The molecule has 0 radical (unpaired) electrons. The molecule has 7 rings (SSSR count). The van der Waals surface area contributed by atoms with E-state index in [9.17, 15) is 5.11 Å². The number of hydrogen-bond donors (Lipinski definition) is 3. The van der Waals surface area contributed by atoms with E-state index < -0.39 is 0 Å². The highest BCUT2D eigenvalue weighted by atomic mass is 16.2. The SMILES string of the molecule is OCCc1ccc(N2C3=C4CC2(C2CCCCC2)NC3=C2CC4N2)cc1. The molecule has 0 aromatic heterocycles. The van der Waals surface area contributed by atoms with Gasteiger partial charge in [0, 0.05) is 36.8 Å². The number of aliphatic hydroxyl groups is 1. The Morgan fingerprint density at radius 1 is 1.12 bits per heavy atom. The molecule has 136 valence electrons. The minimum absolute atomic E-state index is 0.0605. The first-order valence-corrected chi connectivity index (χ1v) is 10.3. The minimum atomic E-state index is 0.0605. The van der Waals surface area contributed by atoms with Gasteiger partial charge in [0.15, 0.2) is 0 Å². The number of nitrogens with zero attached hydrogens (tertiary/aromatic N) is 1. The van der Waals surface area contributed by atoms with Gasteiger partial charge in [-0.05, 0) is 42.5 Å². The maximum absolute atomic E-state index is 9.21. The van der Waals surface area contributed by atoms with E-state index in [1.54, 1.807) is 5.57 Å². The Bertz CT molecular complexity index is 810. The highest BCUT2D eigenvalue weighted by Crippen LogP contribution is 2.58. The first-order valence-electron chi connectivity index (χ1n) is 10.3. The summed E-state index contributed by atoms with van der Waals surface area (Å²) in [5.41, 5.74) is 8.52. The van der Waals surface area contributed by atoms with E-state index in [4.69, 9.17) is 0 Å². The summed E-state index contributed by atoms with van der Waals surface area (Å²) in [4.78, 5) is 2.66. The van der Waals surface area contributed by atoms with E-state index in [1.807, 2.05) is 0 Å². The van der Waals surface area contributed by atoms with Crippen molar-refractivity contribution in [1.29, 1.82) is 0 Å². The first kappa shape index (κ1) is 15.2. The molecule has 3 N–H and O–H groups in total. The van der Waals surface area contributed by atoms with Gasteiger partial charge in [-0.25, -0.2) is 0 Å². The van der Waals surface area contributed by atoms with E-state index >= 15 is 0 Å². The quantitative estimate of drug-likeness (QED) is 0.781. The summed E-state index contributed by atoms with van der Waals surface area (Å²) in [7, 11) is 0. The molecule has 4 heteroatoms. The maximum atomic E-state index is 9.21. The van der Waals surface area contributed by atoms with Gasteiger partial charge in [-0.1, -0.05) is 31.4 Å². The van der Waals surface area contributed by atoms with Crippen LogP contribution in [0.3, 0.4) is 0 Å². The number of fused-ring (bicyclic) bond motifs is 1. The van der Waals surface area contributed by atoms with Gasteiger partial charge >= 0.3 is 0 Å². The zero-order valence-corrected chi connectivity index (χ0v) is 15.2. The van der Waals surface area contributed by atoms with Gasteiger partial charge in [-0.3, -0.25) is 0 Å². The zero-order chi connectivity index (χ0) is 17.3. The molecular weight excluding hydrogens is 322 g/mol. The maximum Gasteiger partial charge on any atom is 0.122 e. The van der Waals surface area contributed by atoms with Crippen LogP contribution in [-0.4, -0.2) is 23.4 Å². The Morgan fingerprint density at radius 3 is 2.58 bits per heavy atom. The van der Waals surface area contributed by atoms with Crippen molar-refractivity contribution in [3.05, 3.63) is 52.5 Å². The number of benzene rings is 1. The normalized spacial score (nSPS) is 31.9. The van der Waals surface area contributed by atoms with Crippen molar-refractivity contribution in [3.63, 3.8) is 0 Å². The third kappa shape index (κ3) is 1.83. The number of hydrogen-bond acceptors (Lipinski definition) is 4. The number of dihydropyridines is 1. The van der Waals surface area contributed by atoms with Crippen LogP contribution < -0.4 is 15.5 Å². The molecule has 26 heavy (non-hydrogen) atoms. The fourth-order valence-electron chi connectivity index (χ4n) is 6.04. The average Bonchev–Trinajstić information content (AvgIpc) is 3.16. The van der Waals surface area contributed by atoms with Gasteiger partial charge in [0.25, 0.3) is 0 Å². The Morgan fingerprint density at radius 2 is 1.88 bits per heavy atom.